The fourth-order valence-electron chi connectivity index (χ4n) is 3.95. The van der Waals surface area contributed by atoms with E-state index in [-0.39, 0.29) is 4.90 Å². The Hall–Kier alpha value is -2.87. The van der Waals surface area contributed by atoms with Gasteiger partial charge in [-0.1, -0.05) is 54.1 Å². The maximum Gasteiger partial charge on any atom is 0.294 e. The van der Waals surface area contributed by atoms with Crippen LogP contribution < -0.4 is 5.32 Å². The topological polar surface area (TPSA) is 92.2 Å². The lowest BCUT2D eigenvalue weighted by Crippen LogP contribution is -2.09. The first kappa shape index (κ1) is 21.4. The van der Waals surface area contributed by atoms with Gasteiger partial charge >= 0.3 is 0 Å². The summed E-state index contributed by atoms with van der Waals surface area (Å²) in [6, 6.07) is 20.4. The second kappa shape index (κ2) is 9.09. The van der Waals surface area contributed by atoms with Crippen LogP contribution in [0.1, 0.15) is 17.7 Å². The highest BCUT2D eigenvalue weighted by molar-refractivity contribution is 7.85. The van der Waals surface area contributed by atoms with Gasteiger partial charge in [0.1, 0.15) is 0 Å². The van der Waals surface area contributed by atoms with Crippen molar-refractivity contribution in [2.75, 3.05) is 13.1 Å². The number of benzene rings is 2. The average Bonchev–Trinajstić information content (AvgIpc) is 3.37. The van der Waals surface area contributed by atoms with Crippen molar-refractivity contribution in [3.05, 3.63) is 84.1 Å². The molecule has 3 aromatic rings. The third-order valence-electron chi connectivity index (χ3n) is 5.67. The molecule has 0 radical (unpaired) electrons. The molecule has 1 aliphatic heterocycles. The summed E-state index contributed by atoms with van der Waals surface area (Å²) in [6.45, 7) is 4.09. The van der Waals surface area contributed by atoms with Crippen molar-refractivity contribution in [1.29, 1.82) is 0 Å². The summed E-state index contributed by atoms with van der Waals surface area (Å²) in [7, 11) is -4.02. The van der Waals surface area contributed by atoms with Gasteiger partial charge in [0.2, 0.25) is 0 Å². The van der Waals surface area contributed by atoms with E-state index in [1.54, 1.807) is 12.1 Å². The fraction of sp³-hybridized carbons (Fsp3) is 0.250. The quantitative estimate of drug-likeness (QED) is 0.604. The second-order valence-corrected chi connectivity index (χ2v) is 9.36. The Morgan fingerprint density at radius 1 is 0.903 bits per heavy atom. The summed E-state index contributed by atoms with van der Waals surface area (Å²) in [6.07, 6.45) is 3.52. The molecule has 0 spiro atoms. The van der Waals surface area contributed by atoms with Gasteiger partial charge in [-0.15, -0.1) is 5.10 Å². The lowest BCUT2D eigenvalue weighted by molar-refractivity contribution is 0.483. The zero-order valence-electron chi connectivity index (χ0n) is 17.3. The molecular formula is C24H25N3O3S. The van der Waals surface area contributed by atoms with Crippen LogP contribution in [0.4, 0.5) is 0 Å². The predicted octanol–water partition coefficient (Wildman–Crippen LogP) is 4.01. The van der Waals surface area contributed by atoms with Crippen LogP contribution in [-0.2, 0) is 10.1 Å². The van der Waals surface area contributed by atoms with E-state index in [2.05, 4.69) is 45.9 Å². The van der Waals surface area contributed by atoms with Crippen molar-refractivity contribution >= 4 is 15.7 Å². The number of nitrogens with zero attached hydrogens (tertiary/aromatic N) is 2. The number of aryl methyl sites for hydroxylation is 1. The van der Waals surface area contributed by atoms with E-state index >= 15 is 0 Å². The molecule has 6 nitrogen and oxygen atoms in total. The molecule has 2 aromatic carbocycles. The smallest absolute Gasteiger partial charge is 0.294 e. The summed E-state index contributed by atoms with van der Waals surface area (Å²) in [5.74, 6) is 1.46. The Morgan fingerprint density at radius 3 is 2.19 bits per heavy atom. The minimum absolute atomic E-state index is 0.0666. The van der Waals surface area contributed by atoms with Gasteiger partial charge in [0, 0.05) is 12.1 Å². The van der Waals surface area contributed by atoms with Gasteiger partial charge in [-0.3, -0.25) is 4.55 Å². The summed E-state index contributed by atoms with van der Waals surface area (Å²) < 4.78 is 29.6. The van der Waals surface area contributed by atoms with E-state index in [9.17, 15) is 8.42 Å². The highest BCUT2D eigenvalue weighted by atomic mass is 32.2. The Bertz CT molecular complexity index is 1160. The first-order chi connectivity index (χ1) is 14.9. The Labute approximate surface area is 182 Å². The highest BCUT2D eigenvalue weighted by Crippen LogP contribution is 2.37. The molecule has 0 bridgehead atoms. The second-order valence-electron chi connectivity index (χ2n) is 7.94. The Balaban J connectivity index is 0.000000180. The van der Waals surface area contributed by atoms with Crippen LogP contribution in [0.5, 0.6) is 0 Å². The minimum Gasteiger partial charge on any atom is -0.316 e. The summed E-state index contributed by atoms with van der Waals surface area (Å²) in [4.78, 5) is -0.0666. The molecule has 1 fully saturated rings. The molecule has 1 aliphatic carbocycles. The van der Waals surface area contributed by atoms with Crippen LogP contribution in [-0.4, -0.2) is 36.3 Å². The van der Waals surface area contributed by atoms with E-state index in [0.717, 1.165) is 47.9 Å². The molecule has 2 atom stereocenters. The van der Waals surface area contributed by atoms with E-state index in [1.807, 2.05) is 25.1 Å². The highest BCUT2D eigenvalue weighted by Gasteiger charge is 2.32. The van der Waals surface area contributed by atoms with Crippen molar-refractivity contribution in [3.63, 3.8) is 0 Å². The number of fused-ring (bicyclic) bond motifs is 1. The molecule has 2 aliphatic rings. The van der Waals surface area contributed by atoms with Crippen LogP contribution in [0.15, 0.2) is 77.7 Å². The zero-order chi connectivity index (χ0) is 21.8. The molecule has 0 unspecified atom stereocenters. The average molecular weight is 436 g/mol. The molecule has 0 saturated carbocycles. The van der Waals surface area contributed by atoms with Crippen molar-refractivity contribution in [1.82, 2.24) is 15.5 Å². The molecule has 7 heteroatoms. The third-order valence-corrected chi connectivity index (χ3v) is 6.54. The van der Waals surface area contributed by atoms with Gasteiger partial charge in [-0.25, -0.2) is 0 Å². The summed E-state index contributed by atoms with van der Waals surface area (Å²) in [5, 5.41) is 12.3. The SMILES string of the molecule is C1=C(c2ccc(-c3ccccc3)nn2)C[C@H]2CNC[C@@H]12.Cc1ccc(S(=O)(=O)O)cc1. The van der Waals surface area contributed by atoms with Crippen LogP contribution in [0, 0.1) is 18.8 Å². The molecule has 5 rings (SSSR count). The van der Waals surface area contributed by atoms with Gasteiger partial charge in [-0.05, 0) is 61.6 Å². The van der Waals surface area contributed by atoms with Gasteiger partial charge < -0.3 is 5.32 Å². The summed E-state index contributed by atoms with van der Waals surface area (Å²) >= 11 is 0. The zero-order valence-corrected chi connectivity index (χ0v) is 18.1. The van der Waals surface area contributed by atoms with Crippen molar-refractivity contribution in [2.45, 2.75) is 18.2 Å². The minimum atomic E-state index is -4.02. The lowest BCUT2D eigenvalue weighted by atomic mass is 9.99. The molecule has 1 saturated heterocycles. The van der Waals surface area contributed by atoms with Crippen molar-refractivity contribution in [3.8, 4) is 11.3 Å². The van der Waals surface area contributed by atoms with Crippen molar-refractivity contribution in [2.24, 2.45) is 11.8 Å². The molecule has 2 heterocycles. The largest absolute Gasteiger partial charge is 0.316 e. The maximum absolute atomic E-state index is 10.5. The molecule has 160 valence electrons. The lowest BCUT2D eigenvalue weighted by Gasteiger charge is -2.06. The molecule has 31 heavy (non-hydrogen) atoms. The van der Waals surface area contributed by atoms with E-state index in [4.69, 9.17) is 4.55 Å². The first-order valence-corrected chi connectivity index (χ1v) is 11.7. The number of rotatable bonds is 3. The third kappa shape index (κ3) is 5.25. The number of aromatic nitrogens is 2. The Kier molecular flexibility index (Phi) is 6.27. The normalized spacial score (nSPS) is 19.9. The van der Waals surface area contributed by atoms with Crippen LogP contribution in [0.3, 0.4) is 0 Å². The monoisotopic (exact) mass is 435 g/mol. The standard InChI is InChI=1S/C17H17N3.C7H8O3S/c1-2-4-12(5-3-1)16-6-7-17(20-19-16)13-8-14-10-18-11-15(14)9-13;1-6-2-4-7(5-3-6)11(8,9)10/h1-8,14-15,18H,9-11H2;2-5H,1H3,(H,8,9,10)/t14-,15+;/m1./s1. The van der Waals surface area contributed by atoms with E-state index in [0.29, 0.717) is 5.92 Å². The fourth-order valence-corrected chi connectivity index (χ4v) is 4.43. The number of hydrogen-bond acceptors (Lipinski definition) is 5. The number of nitrogens with one attached hydrogen (secondary N) is 1. The maximum atomic E-state index is 10.5. The summed E-state index contributed by atoms with van der Waals surface area (Å²) in [5.41, 5.74) is 5.42. The van der Waals surface area contributed by atoms with E-state index in [1.165, 1.54) is 17.7 Å². The van der Waals surface area contributed by atoms with Gasteiger partial charge in [-0.2, -0.15) is 13.5 Å². The predicted molar refractivity (Wildman–Crippen MR) is 121 cm³/mol. The van der Waals surface area contributed by atoms with Crippen molar-refractivity contribution < 1.29 is 13.0 Å². The number of hydrogen-bond donors (Lipinski definition) is 2. The van der Waals surface area contributed by atoms with Crippen LogP contribution in [0.25, 0.3) is 16.8 Å². The molecule has 1 aromatic heterocycles. The molecule has 0 amide bonds. The van der Waals surface area contributed by atoms with Gasteiger partial charge in [0.05, 0.1) is 16.3 Å². The number of allylic oxidation sites excluding steroid dienone is 1. The Morgan fingerprint density at radius 2 is 1.58 bits per heavy atom. The molecular weight excluding hydrogens is 410 g/mol. The van der Waals surface area contributed by atoms with Gasteiger partial charge in [0.15, 0.2) is 0 Å². The first-order valence-electron chi connectivity index (χ1n) is 10.3. The van der Waals surface area contributed by atoms with Crippen LogP contribution >= 0.6 is 0 Å². The molecule has 2 N–H and O–H groups in total. The van der Waals surface area contributed by atoms with Crippen LogP contribution in [0.2, 0.25) is 0 Å². The van der Waals surface area contributed by atoms with E-state index < -0.39 is 10.1 Å². The van der Waals surface area contributed by atoms with Gasteiger partial charge in [0.25, 0.3) is 10.1 Å².